The van der Waals surface area contributed by atoms with E-state index in [4.69, 9.17) is 11.6 Å². The first kappa shape index (κ1) is 12.7. The minimum Gasteiger partial charge on any atom is -0.303 e. The summed E-state index contributed by atoms with van der Waals surface area (Å²) in [7, 11) is 0. The average Bonchev–Trinajstić information content (AvgIpc) is 2.27. The van der Waals surface area contributed by atoms with E-state index < -0.39 is 0 Å². The standard InChI is InChI=1S/C14H26ClN/c1-11-7-8-16(9-12(11)2)10-13-3-5-14(15)6-4-13/h11-14H,3-10H2,1-2H3. The largest absolute Gasteiger partial charge is 0.303 e. The molecule has 0 aromatic heterocycles. The molecule has 0 aromatic rings. The van der Waals surface area contributed by atoms with Gasteiger partial charge in [0.15, 0.2) is 0 Å². The van der Waals surface area contributed by atoms with E-state index in [2.05, 4.69) is 18.7 Å². The van der Waals surface area contributed by atoms with E-state index in [1.54, 1.807) is 0 Å². The van der Waals surface area contributed by atoms with Gasteiger partial charge in [0.05, 0.1) is 0 Å². The molecule has 1 saturated heterocycles. The van der Waals surface area contributed by atoms with Gasteiger partial charge >= 0.3 is 0 Å². The van der Waals surface area contributed by atoms with Gasteiger partial charge in [-0.1, -0.05) is 13.8 Å². The van der Waals surface area contributed by atoms with Gasteiger partial charge in [0.25, 0.3) is 0 Å². The second kappa shape index (κ2) is 5.73. The molecular formula is C14H26ClN. The number of alkyl halides is 1. The summed E-state index contributed by atoms with van der Waals surface area (Å²) >= 11 is 6.15. The van der Waals surface area contributed by atoms with Crippen molar-refractivity contribution < 1.29 is 0 Å². The summed E-state index contributed by atoms with van der Waals surface area (Å²) in [6.45, 7) is 8.79. The van der Waals surface area contributed by atoms with Crippen molar-refractivity contribution in [1.82, 2.24) is 4.90 Å². The lowest BCUT2D eigenvalue weighted by atomic mass is 9.85. The predicted molar refractivity (Wildman–Crippen MR) is 71.0 cm³/mol. The minimum atomic E-state index is 0.469. The maximum atomic E-state index is 6.15. The van der Waals surface area contributed by atoms with Crippen molar-refractivity contribution in [3.05, 3.63) is 0 Å². The molecule has 0 N–H and O–H groups in total. The van der Waals surface area contributed by atoms with Crippen LogP contribution in [0.4, 0.5) is 0 Å². The van der Waals surface area contributed by atoms with Gasteiger partial charge < -0.3 is 4.90 Å². The van der Waals surface area contributed by atoms with Crippen molar-refractivity contribution in [2.45, 2.75) is 51.3 Å². The molecule has 2 atom stereocenters. The number of nitrogens with zero attached hydrogens (tertiary/aromatic N) is 1. The van der Waals surface area contributed by atoms with Gasteiger partial charge in [-0.05, 0) is 56.4 Å². The van der Waals surface area contributed by atoms with E-state index >= 15 is 0 Å². The third-order valence-electron chi connectivity index (χ3n) is 4.71. The van der Waals surface area contributed by atoms with Crippen LogP contribution in [0.5, 0.6) is 0 Å². The Morgan fingerprint density at radius 1 is 1.00 bits per heavy atom. The molecule has 0 spiro atoms. The monoisotopic (exact) mass is 243 g/mol. The summed E-state index contributed by atoms with van der Waals surface area (Å²) in [4.78, 5) is 2.70. The smallest absolute Gasteiger partial charge is 0.0336 e. The molecular weight excluding hydrogens is 218 g/mol. The number of hydrogen-bond donors (Lipinski definition) is 0. The third-order valence-corrected chi connectivity index (χ3v) is 5.15. The molecule has 2 heteroatoms. The Morgan fingerprint density at radius 2 is 1.69 bits per heavy atom. The first-order chi connectivity index (χ1) is 7.65. The molecule has 1 aliphatic carbocycles. The van der Waals surface area contributed by atoms with E-state index in [9.17, 15) is 0 Å². The van der Waals surface area contributed by atoms with Crippen LogP contribution in [0.15, 0.2) is 0 Å². The fourth-order valence-electron chi connectivity index (χ4n) is 3.18. The lowest BCUT2D eigenvalue weighted by Gasteiger charge is -2.38. The lowest BCUT2D eigenvalue weighted by molar-refractivity contribution is 0.111. The summed E-state index contributed by atoms with van der Waals surface area (Å²) in [5.41, 5.74) is 0. The van der Waals surface area contributed by atoms with Crippen molar-refractivity contribution >= 4 is 11.6 Å². The molecule has 94 valence electrons. The Hall–Kier alpha value is 0.250. The normalized spacial score (nSPS) is 42.2. The van der Waals surface area contributed by atoms with Crippen LogP contribution in [-0.4, -0.2) is 29.9 Å². The van der Waals surface area contributed by atoms with Crippen LogP contribution in [0.25, 0.3) is 0 Å². The Kier molecular flexibility index (Phi) is 4.55. The maximum absolute atomic E-state index is 6.15. The van der Waals surface area contributed by atoms with Crippen LogP contribution < -0.4 is 0 Å². The number of halogens is 1. The maximum Gasteiger partial charge on any atom is 0.0336 e. The van der Waals surface area contributed by atoms with Crippen LogP contribution in [0.3, 0.4) is 0 Å². The summed E-state index contributed by atoms with van der Waals surface area (Å²) in [6, 6.07) is 0. The lowest BCUT2D eigenvalue weighted by Crippen LogP contribution is -2.41. The zero-order chi connectivity index (χ0) is 11.5. The second-order valence-corrected chi connectivity index (χ2v) is 6.74. The number of likely N-dealkylation sites (tertiary alicyclic amines) is 1. The van der Waals surface area contributed by atoms with Gasteiger partial charge in [-0.3, -0.25) is 0 Å². The predicted octanol–water partition coefficient (Wildman–Crippen LogP) is 3.76. The summed E-state index contributed by atoms with van der Waals surface area (Å²) in [6.07, 6.45) is 6.59. The Bertz CT molecular complexity index is 211. The summed E-state index contributed by atoms with van der Waals surface area (Å²) < 4.78 is 0. The SMILES string of the molecule is CC1CCN(CC2CCC(Cl)CC2)CC1C. The van der Waals surface area contributed by atoms with Crippen LogP contribution in [0.2, 0.25) is 0 Å². The zero-order valence-corrected chi connectivity index (χ0v) is 11.5. The molecule has 1 saturated carbocycles. The van der Waals surface area contributed by atoms with Gasteiger partial charge in [-0.2, -0.15) is 0 Å². The summed E-state index contributed by atoms with van der Waals surface area (Å²) in [5.74, 6) is 2.74. The molecule has 1 heterocycles. The molecule has 1 aliphatic heterocycles. The highest BCUT2D eigenvalue weighted by molar-refractivity contribution is 6.20. The molecule has 2 aliphatic rings. The molecule has 0 bridgehead atoms. The number of piperidine rings is 1. The fraction of sp³-hybridized carbons (Fsp3) is 1.00. The van der Waals surface area contributed by atoms with Crippen molar-refractivity contribution in [3.63, 3.8) is 0 Å². The van der Waals surface area contributed by atoms with Crippen LogP contribution >= 0.6 is 11.6 Å². The van der Waals surface area contributed by atoms with E-state index in [0.717, 1.165) is 17.8 Å². The van der Waals surface area contributed by atoms with E-state index in [1.165, 1.54) is 51.7 Å². The van der Waals surface area contributed by atoms with Gasteiger partial charge in [0.1, 0.15) is 0 Å². The van der Waals surface area contributed by atoms with Gasteiger partial charge in [-0.25, -0.2) is 0 Å². The van der Waals surface area contributed by atoms with Crippen LogP contribution in [-0.2, 0) is 0 Å². The summed E-state index contributed by atoms with van der Waals surface area (Å²) in [5, 5.41) is 0.469. The first-order valence-electron chi connectivity index (χ1n) is 7.01. The molecule has 0 amide bonds. The van der Waals surface area contributed by atoms with E-state index in [1.807, 2.05) is 0 Å². The Morgan fingerprint density at radius 3 is 2.31 bits per heavy atom. The molecule has 2 unspecified atom stereocenters. The molecule has 0 radical (unpaired) electrons. The molecule has 1 nitrogen and oxygen atoms in total. The van der Waals surface area contributed by atoms with Crippen molar-refractivity contribution in [1.29, 1.82) is 0 Å². The highest BCUT2D eigenvalue weighted by Gasteiger charge is 2.26. The highest BCUT2D eigenvalue weighted by Crippen LogP contribution is 2.30. The third kappa shape index (κ3) is 3.37. The molecule has 2 fully saturated rings. The van der Waals surface area contributed by atoms with E-state index in [-0.39, 0.29) is 0 Å². The van der Waals surface area contributed by atoms with Crippen molar-refractivity contribution in [2.24, 2.45) is 17.8 Å². The quantitative estimate of drug-likeness (QED) is 0.668. The first-order valence-corrected chi connectivity index (χ1v) is 7.45. The zero-order valence-electron chi connectivity index (χ0n) is 10.8. The Labute approximate surface area is 106 Å². The van der Waals surface area contributed by atoms with Gasteiger partial charge in [0, 0.05) is 18.5 Å². The fourth-order valence-corrected chi connectivity index (χ4v) is 3.44. The topological polar surface area (TPSA) is 3.24 Å². The van der Waals surface area contributed by atoms with E-state index in [0.29, 0.717) is 5.38 Å². The van der Waals surface area contributed by atoms with Crippen molar-refractivity contribution in [2.75, 3.05) is 19.6 Å². The number of rotatable bonds is 2. The second-order valence-electron chi connectivity index (χ2n) is 6.12. The minimum absolute atomic E-state index is 0.469. The molecule has 2 rings (SSSR count). The number of hydrogen-bond acceptors (Lipinski definition) is 1. The van der Waals surface area contributed by atoms with Gasteiger partial charge in [-0.15, -0.1) is 11.6 Å². The Balaban J connectivity index is 1.73. The molecule has 16 heavy (non-hydrogen) atoms. The van der Waals surface area contributed by atoms with Crippen LogP contribution in [0, 0.1) is 17.8 Å². The van der Waals surface area contributed by atoms with Crippen molar-refractivity contribution in [3.8, 4) is 0 Å². The highest BCUT2D eigenvalue weighted by atomic mass is 35.5. The molecule has 0 aromatic carbocycles. The average molecular weight is 244 g/mol. The van der Waals surface area contributed by atoms with Crippen LogP contribution in [0.1, 0.15) is 46.0 Å². The van der Waals surface area contributed by atoms with Gasteiger partial charge in [0.2, 0.25) is 0 Å².